The molecule has 0 heterocycles. The van der Waals surface area contributed by atoms with Crippen molar-refractivity contribution < 1.29 is 5.32 Å². The molecule has 0 amide bonds. The number of hydrogen-bond acceptors (Lipinski definition) is 1. The van der Waals surface area contributed by atoms with Crippen molar-refractivity contribution in [3.63, 3.8) is 0 Å². The zero-order valence-electron chi connectivity index (χ0n) is 5.35. The Hall–Kier alpha value is -0.550. The van der Waals surface area contributed by atoms with Gasteiger partial charge in [0, 0.05) is 0 Å². The van der Waals surface area contributed by atoms with Crippen LogP contribution in [-0.2, 0) is 0 Å². The average molecular weight is 113 g/mol. The highest BCUT2D eigenvalue weighted by Crippen LogP contribution is 1.76. The summed E-state index contributed by atoms with van der Waals surface area (Å²) in [7, 11) is 0. The number of quaternary nitrogens is 1. The van der Waals surface area contributed by atoms with Crippen LogP contribution in [0.4, 0.5) is 0 Å². The van der Waals surface area contributed by atoms with Crippen molar-refractivity contribution in [3.8, 4) is 6.07 Å². The molecule has 0 aliphatic rings. The van der Waals surface area contributed by atoms with Gasteiger partial charge >= 0.3 is 0 Å². The predicted octanol–water partition coefficient (Wildman–Crippen LogP) is -0.127. The van der Waals surface area contributed by atoms with E-state index in [1.165, 1.54) is 12.8 Å². The summed E-state index contributed by atoms with van der Waals surface area (Å²) in [5, 5.41) is 10.1. The third kappa shape index (κ3) is 5.45. The van der Waals surface area contributed by atoms with E-state index in [4.69, 9.17) is 5.26 Å². The van der Waals surface area contributed by atoms with E-state index in [1.54, 1.807) is 0 Å². The molecular weight excluding hydrogens is 100 g/mol. The van der Waals surface area contributed by atoms with Crippen LogP contribution in [0.25, 0.3) is 0 Å². The Morgan fingerprint density at radius 1 is 1.62 bits per heavy atom. The molecule has 0 fully saturated rings. The minimum atomic E-state index is 0.611. The lowest BCUT2D eigenvalue weighted by atomic mass is 10.3. The van der Waals surface area contributed by atoms with E-state index in [0.717, 1.165) is 6.54 Å². The molecule has 0 aliphatic heterocycles. The second-order valence-electron chi connectivity index (χ2n) is 1.79. The van der Waals surface area contributed by atoms with Crippen molar-refractivity contribution >= 4 is 0 Å². The summed E-state index contributed by atoms with van der Waals surface area (Å²) in [5.41, 5.74) is 0. The van der Waals surface area contributed by atoms with Gasteiger partial charge in [0.25, 0.3) is 0 Å². The maximum absolute atomic E-state index is 8.08. The second kappa shape index (κ2) is 6.45. The van der Waals surface area contributed by atoms with Crippen LogP contribution in [0.3, 0.4) is 0 Å². The van der Waals surface area contributed by atoms with Crippen LogP contribution < -0.4 is 5.32 Å². The van der Waals surface area contributed by atoms with E-state index in [1.807, 2.05) is 5.32 Å². The molecule has 8 heavy (non-hydrogen) atoms. The maximum Gasteiger partial charge on any atom is 0.163 e. The standard InChI is InChI=1S/C6H12N2/c1-2-3-5-8-6-4-7/h8H,2-3,5-6H2,1H3/p+1. The van der Waals surface area contributed by atoms with Crippen molar-refractivity contribution in [3.05, 3.63) is 0 Å². The van der Waals surface area contributed by atoms with Gasteiger partial charge in [-0.2, -0.15) is 5.26 Å². The molecule has 0 unspecified atom stereocenters. The van der Waals surface area contributed by atoms with Crippen LogP contribution in [0.5, 0.6) is 0 Å². The van der Waals surface area contributed by atoms with Gasteiger partial charge in [-0.1, -0.05) is 13.3 Å². The number of nitriles is 1. The molecule has 46 valence electrons. The van der Waals surface area contributed by atoms with Crippen molar-refractivity contribution in [1.29, 1.82) is 5.26 Å². The first-order chi connectivity index (χ1) is 3.91. The highest BCUT2D eigenvalue weighted by Gasteiger charge is 1.84. The molecule has 0 rings (SSSR count). The molecule has 0 aromatic rings. The minimum absolute atomic E-state index is 0.611. The summed E-state index contributed by atoms with van der Waals surface area (Å²) < 4.78 is 0. The van der Waals surface area contributed by atoms with Gasteiger partial charge in [0.15, 0.2) is 6.54 Å². The first-order valence-electron chi connectivity index (χ1n) is 3.10. The molecule has 0 atom stereocenters. The SMILES string of the molecule is CCCC[NH2+]CC#N. The average Bonchev–Trinajstić information content (AvgIpc) is 1.81. The lowest BCUT2D eigenvalue weighted by Gasteiger charge is -1.90. The van der Waals surface area contributed by atoms with E-state index in [2.05, 4.69) is 13.0 Å². The van der Waals surface area contributed by atoms with E-state index in [-0.39, 0.29) is 0 Å². The van der Waals surface area contributed by atoms with E-state index >= 15 is 0 Å². The van der Waals surface area contributed by atoms with Gasteiger partial charge in [0.1, 0.15) is 6.07 Å². The topological polar surface area (TPSA) is 40.4 Å². The van der Waals surface area contributed by atoms with Gasteiger partial charge in [-0.05, 0) is 6.42 Å². The maximum atomic E-state index is 8.08. The Balaban J connectivity index is 2.65. The van der Waals surface area contributed by atoms with Gasteiger partial charge in [-0.25, -0.2) is 0 Å². The Morgan fingerprint density at radius 2 is 2.38 bits per heavy atom. The Bertz CT molecular complexity index is 73.1. The number of nitrogens with two attached hydrogens (primary N) is 1. The number of hydrogen-bond donors (Lipinski definition) is 1. The fourth-order valence-electron chi connectivity index (χ4n) is 0.515. The van der Waals surface area contributed by atoms with Crippen LogP contribution in [0.1, 0.15) is 19.8 Å². The number of unbranched alkanes of at least 4 members (excludes halogenated alkanes) is 1. The third-order valence-corrected chi connectivity index (χ3v) is 0.997. The number of rotatable bonds is 4. The summed E-state index contributed by atoms with van der Waals surface area (Å²) in [6.07, 6.45) is 2.45. The molecule has 0 aromatic carbocycles. The molecule has 0 saturated carbocycles. The zero-order chi connectivity index (χ0) is 6.24. The molecule has 0 saturated heterocycles. The molecule has 0 aromatic heterocycles. The monoisotopic (exact) mass is 113 g/mol. The Morgan fingerprint density at radius 3 is 2.88 bits per heavy atom. The smallest absolute Gasteiger partial charge is 0.163 e. The molecule has 2 nitrogen and oxygen atoms in total. The summed E-state index contributed by atoms with van der Waals surface area (Å²) in [6.45, 7) is 3.87. The van der Waals surface area contributed by atoms with Crippen molar-refractivity contribution in [2.45, 2.75) is 19.8 Å². The Labute approximate surface area is 50.5 Å². The van der Waals surface area contributed by atoms with Gasteiger partial charge in [0.05, 0.1) is 6.54 Å². The molecular formula is C6H13N2+. The van der Waals surface area contributed by atoms with E-state index in [9.17, 15) is 0 Å². The lowest BCUT2D eigenvalue weighted by molar-refractivity contribution is -0.644. The first kappa shape index (κ1) is 7.45. The fraction of sp³-hybridized carbons (Fsp3) is 0.833. The van der Waals surface area contributed by atoms with Crippen LogP contribution >= 0.6 is 0 Å². The van der Waals surface area contributed by atoms with Crippen molar-refractivity contribution in [1.82, 2.24) is 0 Å². The lowest BCUT2D eigenvalue weighted by Crippen LogP contribution is -2.84. The second-order valence-corrected chi connectivity index (χ2v) is 1.79. The predicted molar refractivity (Wildman–Crippen MR) is 32.2 cm³/mol. The Kier molecular flexibility index (Phi) is 6.01. The van der Waals surface area contributed by atoms with Crippen LogP contribution in [0, 0.1) is 11.3 Å². The summed E-state index contributed by atoms with van der Waals surface area (Å²) in [4.78, 5) is 0. The van der Waals surface area contributed by atoms with E-state index < -0.39 is 0 Å². The summed E-state index contributed by atoms with van der Waals surface area (Å²) in [6, 6.07) is 2.07. The molecule has 0 aliphatic carbocycles. The van der Waals surface area contributed by atoms with Gasteiger partial charge in [-0.3, -0.25) is 0 Å². The van der Waals surface area contributed by atoms with Crippen LogP contribution in [0.15, 0.2) is 0 Å². The third-order valence-electron chi connectivity index (χ3n) is 0.997. The highest BCUT2D eigenvalue weighted by atomic mass is 14.8. The fourth-order valence-corrected chi connectivity index (χ4v) is 0.515. The largest absolute Gasteiger partial charge is 0.334 e. The van der Waals surface area contributed by atoms with Crippen LogP contribution in [0.2, 0.25) is 0 Å². The molecule has 2 heteroatoms. The van der Waals surface area contributed by atoms with Crippen molar-refractivity contribution in [2.75, 3.05) is 13.1 Å². The van der Waals surface area contributed by atoms with Gasteiger partial charge < -0.3 is 5.32 Å². The molecule has 2 N–H and O–H groups in total. The summed E-state index contributed by atoms with van der Waals surface area (Å²) >= 11 is 0. The molecule has 0 radical (unpaired) electrons. The molecule has 0 bridgehead atoms. The molecule has 0 spiro atoms. The van der Waals surface area contributed by atoms with E-state index in [0.29, 0.717) is 6.54 Å². The number of nitrogens with zero attached hydrogens (tertiary/aromatic N) is 1. The van der Waals surface area contributed by atoms with Gasteiger partial charge in [-0.15, -0.1) is 0 Å². The quantitative estimate of drug-likeness (QED) is 0.400. The minimum Gasteiger partial charge on any atom is -0.334 e. The normalized spacial score (nSPS) is 8.50. The highest BCUT2D eigenvalue weighted by molar-refractivity contribution is 4.63. The van der Waals surface area contributed by atoms with Crippen molar-refractivity contribution in [2.24, 2.45) is 0 Å². The van der Waals surface area contributed by atoms with Crippen LogP contribution in [-0.4, -0.2) is 13.1 Å². The van der Waals surface area contributed by atoms with Gasteiger partial charge in [0.2, 0.25) is 0 Å². The summed E-state index contributed by atoms with van der Waals surface area (Å²) in [5.74, 6) is 0. The zero-order valence-corrected chi connectivity index (χ0v) is 5.35. The first-order valence-corrected chi connectivity index (χ1v) is 3.10.